The Balaban J connectivity index is 1.29. The number of aromatic nitrogens is 4. The van der Waals surface area contributed by atoms with Crippen molar-refractivity contribution in [3.8, 4) is 11.1 Å². The Kier molecular flexibility index (Phi) is 6.58. The van der Waals surface area contributed by atoms with Crippen molar-refractivity contribution in [1.29, 1.82) is 0 Å². The Morgan fingerprint density at radius 3 is 2.49 bits per heavy atom. The molecule has 0 saturated carbocycles. The monoisotopic (exact) mass is 542 g/mol. The lowest BCUT2D eigenvalue weighted by atomic mass is 10.1. The normalized spacial score (nSPS) is 14.8. The second-order valence-corrected chi connectivity index (χ2v) is 11.0. The number of aromatic amines is 1. The second-order valence-electron chi connectivity index (χ2n) is 8.65. The fourth-order valence-corrected chi connectivity index (χ4v) is 6.14. The summed E-state index contributed by atoms with van der Waals surface area (Å²) in [6.07, 6.45) is 4.43. The highest BCUT2D eigenvalue weighted by molar-refractivity contribution is 7.89. The van der Waals surface area contributed by atoms with Gasteiger partial charge in [-0.25, -0.2) is 18.4 Å². The lowest BCUT2D eigenvalue weighted by Crippen LogP contribution is -2.50. The number of pyridine rings is 1. The molecule has 1 amide bonds. The molecule has 1 aliphatic rings. The molecule has 0 bridgehead atoms. The Bertz CT molecular complexity index is 1600. The molecule has 0 unspecified atom stereocenters. The molecule has 0 atom stereocenters. The van der Waals surface area contributed by atoms with Gasteiger partial charge in [-0.1, -0.05) is 11.6 Å². The van der Waals surface area contributed by atoms with Gasteiger partial charge in [0, 0.05) is 84.7 Å². The number of carbonyl (C=O) groups excluding carboxylic acids is 1. The van der Waals surface area contributed by atoms with Gasteiger partial charge in [0.2, 0.25) is 5.82 Å². The van der Waals surface area contributed by atoms with Gasteiger partial charge in [-0.2, -0.15) is 9.04 Å². The zero-order valence-electron chi connectivity index (χ0n) is 19.8. The SMILES string of the molecule is Cc1cc(-c2cnc(C(=O)N3CCN(S(=O)(=O)c4[nH]c5ccc(Cl)cc5c4CO)CC3)nc2)cc[n+]1[O-]. The van der Waals surface area contributed by atoms with Crippen LogP contribution < -0.4 is 4.73 Å². The van der Waals surface area contributed by atoms with Crippen LogP contribution in [0, 0.1) is 12.1 Å². The minimum atomic E-state index is -3.95. The maximum atomic E-state index is 13.4. The summed E-state index contributed by atoms with van der Waals surface area (Å²) in [5.41, 5.74) is 2.75. The highest BCUT2D eigenvalue weighted by Crippen LogP contribution is 2.30. The molecule has 192 valence electrons. The molecule has 0 aliphatic carbocycles. The number of H-pyrrole nitrogens is 1. The predicted octanol–water partition coefficient (Wildman–Crippen LogP) is 1.86. The molecule has 37 heavy (non-hydrogen) atoms. The van der Waals surface area contributed by atoms with E-state index in [-0.39, 0.29) is 42.6 Å². The Morgan fingerprint density at radius 2 is 1.84 bits per heavy atom. The van der Waals surface area contributed by atoms with Gasteiger partial charge in [0.15, 0.2) is 16.9 Å². The average molecular weight is 543 g/mol. The molecule has 4 aromatic rings. The number of piperazine rings is 1. The van der Waals surface area contributed by atoms with Gasteiger partial charge in [0.25, 0.3) is 15.9 Å². The van der Waals surface area contributed by atoms with E-state index in [1.54, 1.807) is 37.3 Å². The number of rotatable bonds is 5. The minimum Gasteiger partial charge on any atom is -0.619 e. The lowest BCUT2D eigenvalue weighted by Gasteiger charge is -2.33. The summed E-state index contributed by atoms with van der Waals surface area (Å²) in [7, 11) is -3.95. The fourth-order valence-electron chi connectivity index (χ4n) is 4.34. The number of sulfonamides is 1. The topological polar surface area (TPSA) is 146 Å². The molecule has 1 aromatic carbocycles. The molecule has 4 heterocycles. The van der Waals surface area contributed by atoms with Crippen molar-refractivity contribution in [1.82, 2.24) is 24.2 Å². The molecule has 1 aliphatic heterocycles. The highest BCUT2D eigenvalue weighted by atomic mass is 35.5. The third-order valence-corrected chi connectivity index (χ3v) is 8.53. The molecular weight excluding hydrogens is 520 g/mol. The molecule has 2 N–H and O–H groups in total. The first kappa shape index (κ1) is 25.1. The van der Waals surface area contributed by atoms with E-state index in [2.05, 4.69) is 15.0 Å². The number of aryl methyl sites for hydroxylation is 1. The standard InChI is InChI=1S/C24H23ClN6O5S/c1-15-10-16(4-5-31(15)34)17-12-26-22(27-13-17)24(33)29-6-8-30(9-7-29)37(35,36)23-20(14-32)19-11-18(25)2-3-21(19)28-23/h2-5,10-13,28,32H,6-9,14H2,1H3. The van der Waals surface area contributed by atoms with Crippen molar-refractivity contribution in [2.45, 2.75) is 18.6 Å². The smallest absolute Gasteiger partial charge is 0.291 e. The zero-order chi connectivity index (χ0) is 26.3. The van der Waals surface area contributed by atoms with Gasteiger partial charge in [-0.15, -0.1) is 0 Å². The van der Waals surface area contributed by atoms with Crippen LogP contribution in [0.2, 0.25) is 5.02 Å². The van der Waals surface area contributed by atoms with Crippen LogP contribution in [0.4, 0.5) is 0 Å². The summed E-state index contributed by atoms with van der Waals surface area (Å²) in [4.78, 5) is 25.7. The Hall–Kier alpha value is -3.58. The van der Waals surface area contributed by atoms with Crippen LogP contribution in [0.1, 0.15) is 21.9 Å². The van der Waals surface area contributed by atoms with Gasteiger partial charge in [-0.05, 0) is 23.8 Å². The number of nitrogens with one attached hydrogen (secondary N) is 1. The second kappa shape index (κ2) is 9.71. The first-order valence-corrected chi connectivity index (χ1v) is 13.2. The number of aliphatic hydroxyl groups is 1. The van der Waals surface area contributed by atoms with E-state index < -0.39 is 22.5 Å². The van der Waals surface area contributed by atoms with Crippen LogP contribution in [0.15, 0.2) is 53.9 Å². The van der Waals surface area contributed by atoms with Crippen molar-refractivity contribution in [2.75, 3.05) is 26.2 Å². The number of amides is 1. The van der Waals surface area contributed by atoms with Crippen molar-refractivity contribution < 1.29 is 23.0 Å². The first-order valence-electron chi connectivity index (χ1n) is 11.4. The van der Waals surface area contributed by atoms with E-state index in [0.29, 0.717) is 27.2 Å². The molecule has 3 aromatic heterocycles. The van der Waals surface area contributed by atoms with Crippen molar-refractivity contribution in [2.24, 2.45) is 0 Å². The third kappa shape index (κ3) is 4.64. The number of aliphatic hydroxyl groups excluding tert-OH is 1. The Morgan fingerprint density at radius 1 is 1.14 bits per heavy atom. The average Bonchev–Trinajstić information content (AvgIpc) is 3.28. The van der Waals surface area contributed by atoms with Crippen LogP contribution >= 0.6 is 11.6 Å². The highest BCUT2D eigenvalue weighted by Gasteiger charge is 2.34. The summed E-state index contributed by atoms with van der Waals surface area (Å²) < 4.78 is 28.8. The summed E-state index contributed by atoms with van der Waals surface area (Å²) >= 11 is 6.05. The molecule has 5 rings (SSSR count). The molecule has 13 heteroatoms. The number of hydrogen-bond donors (Lipinski definition) is 2. The zero-order valence-corrected chi connectivity index (χ0v) is 21.3. The van der Waals surface area contributed by atoms with Gasteiger partial charge < -0.3 is 20.2 Å². The van der Waals surface area contributed by atoms with E-state index in [9.17, 15) is 23.5 Å². The van der Waals surface area contributed by atoms with Crippen LogP contribution in [0.5, 0.6) is 0 Å². The van der Waals surface area contributed by atoms with Crippen molar-refractivity contribution in [3.63, 3.8) is 0 Å². The molecule has 1 fully saturated rings. The summed E-state index contributed by atoms with van der Waals surface area (Å²) in [6, 6.07) is 8.26. The van der Waals surface area contributed by atoms with Crippen molar-refractivity contribution >= 4 is 38.4 Å². The maximum absolute atomic E-state index is 13.4. The van der Waals surface area contributed by atoms with Gasteiger partial charge in [0.05, 0.1) is 6.61 Å². The predicted molar refractivity (Wildman–Crippen MR) is 135 cm³/mol. The van der Waals surface area contributed by atoms with Crippen LogP contribution in [-0.2, 0) is 16.6 Å². The van der Waals surface area contributed by atoms with Crippen LogP contribution in [0.3, 0.4) is 0 Å². The Labute approximate surface area is 217 Å². The maximum Gasteiger partial charge on any atom is 0.291 e. The molecule has 11 nitrogen and oxygen atoms in total. The van der Waals surface area contributed by atoms with Gasteiger partial charge in [-0.3, -0.25) is 4.79 Å². The minimum absolute atomic E-state index is 0.00154. The first-order chi connectivity index (χ1) is 17.7. The number of nitrogens with zero attached hydrogens (tertiary/aromatic N) is 5. The van der Waals surface area contributed by atoms with Crippen LogP contribution in [-0.4, -0.2) is 69.8 Å². The summed E-state index contributed by atoms with van der Waals surface area (Å²) in [6.45, 7) is 1.68. The number of fused-ring (bicyclic) bond motifs is 1. The third-order valence-electron chi connectivity index (χ3n) is 6.39. The largest absolute Gasteiger partial charge is 0.619 e. The van der Waals surface area contributed by atoms with E-state index in [1.807, 2.05) is 0 Å². The molecule has 0 spiro atoms. The molecule has 0 radical (unpaired) electrons. The van der Waals surface area contributed by atoms with Crippen molar-refractivity contribution in [3.05, 3.63) is 76.2 Å². The number of benzene rings is 1. The van der Waals surface area contributed by atoms with Gasteiger partial charge >= 0.3 is 0 Å². The number of halogens is 1. The fraction of sp³-hybridized carbons (Fsp3) is 0.250. The number of hydrogen-bond acceptors (Lipinski definition) is 7. The van der Waals surface area contributed by atoms with E-state index in [1.165, 1.54) is 27.8 Å². The molecule has 1 saturated heterocycles. The molecular formula is C24H23ClN6O5S. The van der Waals surface area contributed by atoms with E-state index >= 15 is 0 Å². The van der Waals surface area contributed by atoms with Gasteiger partial charge in [0.1, 0.15) is 0 Å². The van der Waals surface area contributed by atoms with E-state index in [0.717, 1.165) is 10.3 Å². The lowest BCUT2D eigenvalue weighted by molar-refractivity contribution is -0.612. The van der Waals surface area contributed by atoms with Crippen LogP contribution in [0.25, 0.3) is 22.0 Å². The summed E-state index contributed by atoms with van der Waals surface area (Å²) in [5.74, 6) is -0.400. The van der Waals surface area contributed by atoms with E-state index in [4.69, 9.17) is 11.6 Å². The number of carbonyl (C=O) groups is 1. The summed E-state index contributed by atoms with van der Waals surface area (Å²) in [5, 5.41) is 22.3. The quantitative estimate of drug-likeness (QED) is 0.289.